The number of nitrogens with one attached hydrogen (secondary N) is 1. The van der Waals surface area contributed by atoms with Crippen LogP contribution in [0.4, 0.5) is 5.69 Å². The van der Waals surface area contributed by atoms with Crippen molar-refractivity contribution in [3.63, 3.8) is 0 Å². The van der Waals surface area contributed by atoms with E-state index in [4.69, 9.17) is 16.3 Å². The minimum Gasteiger partial charge on any atom is -0.490 e. The number of alkyl halides is 1. The summed E-state index contributed by atoms with van der Waals surface area (Å²) in [6.07, 6.45) is 5.05. The van der Waals surface area contributed by atoms with Gasteiger partial charge in [0.1, 0.15) is 11.6 Å². The molecule has 1 aliphatic carbocycles. The Morgan fingerprint density at radius 2 is 2.17 bits per heavy atom. The van der Waals surface area contributed by atoms with Gasteiger partial charge < -0.3 is 10.1 Å². The van der Waals surface area contributed by atoms with Crippen molar-refractivity contribution in [1.29, 1.82) is 0 Å². The standard InChI is InChI=1S/C14H18ClNO2/c1-10-6-7-12(18-11-4-2-3-5-11)8-13(10)16-14(17)9-15/h6-8,11H,2-5,9H2,1H3,(H,16,17). The first-order valence-electron chi connectivity index (χ1n) is 6.32. The molecule has 0 saturated heterocycles. The first kappa shape index (κ1) is 13.2. The Balaban J connectivity index is 2.07. The number of amides is 1. The number of carbonyl (C=O) groups is 1. The van der Waals surface area contributed by atoms with Gasteiger partial charge >= 0.3 is 0 Å². The van der Waals surface area contributed by atoms with Crippen LogP contribution >= 0.6 is 11.6 Å². The molecule has 1 fully saturated rings. The number of benzene rings is 1. The molecule has 0 atom stereocenters. The van der Waals surface area contributed by atoms with Crippen LogP contribution in [0.25, 0.3) is 0 Å². The molecule has 0 radical (unpaired) electrons. The van der Waals surface area contributed by atoms with Gasteiger partial charge in [0.25, 0.3) is 0 Å². The molecular formula is C14H18ClNO2. The molecule has 2 rings (SSSR count). The van der Waals surface area contributed by atoms with Crippen molar-refractivity contribution in [2.75, 3.05) is 11.2 Å². The van der Waals surface area contributed by atoms with Gasteiger partial charge in [-0.15, -0.1) is 11.6 Å². The number of anilines is 1. The number of ether oxygens (including phenoxy) is 1. The van der Waals surface area contributed by atoms with Crippen LogP contribution < -0.4 is 10.1 Å². The largest absolute Gasteiger partial charge is 0.490 e. The van der Waals surface area contributed by atoms with E-state index in [2.05, 4.69) is 5.32 Å². The van der Waals surface area contributed by atoms with Crippen molar-refractivity contribution >= 4 is 23.2 Å². The molecule has 1 saturated carbocycles. The van der Waals surface area contributed by atoms with Gasteiger partial charge in [-0.1, -0.05) is 6.07 Å². The summed E-state index contributed by atoms with van der Waals surface area (Å²) in [4.78, 5) is 11.3. The van der Waals surface area contributed by atoms with E-state index in [-0.39, 0.29) is 11.8 Å². The lowest BCUT2D eigenvalue weighted by molar-refractivity contribution is -0.113. The van der Waals surface area contributed by atoms with Gasteiger partial charge in [-0.25, -0.2) is 0 Å². The summed E-state index contributed by atoms with van der Waals surface area (Å²) >= 11 is 5.49. The highest BCUT2D eigenvalue weighted by Gasteiger charge is 2.16. The van der Waals surface area contributed by atoms with E-state index in [1.807, 2.05) is 25.1 Å². The number of aryl methyl sites for hydroxylation is 1. The monoisotopic (exact) mass is 267 g/mol. The Morgan fingerprint density at radius 1 is 1.44 bits per heavy atom. The Kier molecular flexibility index (Phi) is 4.48. The van der Waals surface area contributed by atoms with E-state index >= 15 is 0 Å². The molecular weight excluding hydrogens is 250 g/mol. The molecule has 18 heavy (non-hydrogen) atoms. The summed E-state index contributed by atoms with van der Waals surface area (Å²) in [5, 5.41) is 2.77. The van der Waals surface area contributed by atoms with Crippen molar-refractivity contribution in [3.8, 4) is 5.75 Å². The highest BCUT2D eigenvalue weighted by Crippen LogP contribution is 2.27. The third-order valence-electron chi connectivity index (χ3n) is 3.21. The zero-order valence-electron chi connectivity index (χ0n) is 10.5. The molecule has 0 aliphatic heterocycles. The predicted octanol–water partition coefficient (Wildman–Crippen LogP) is 3.49. The minimum absolute atomic E-state index is 0.0346. The average Bonchev–Trinajstić information content (AvgIpc) is 2.86. The van der Waals surface area contributed by atoms with Crippen LogP contribution in [0, 0.1) is 6.92 Å². The van der Waals surface area contributed by atoms with E-state index in [9.17, 15) is 4.79 Å². The molecule has 98 valence electrons. The van der Waals surface area contributed by atoms with Crippen LogP contribution in [0.5, 0.6) is 5.75 Å². The molecule has 3 nitrogen and oxygen atoms in total. The molecule has 1 amide bonds. The second-order valence-electron chi connectivity index (χ2n) is 4.68. The molecule has 1 aromatic carbocycles. The predicted molar refractivity (Wildman–Crippen MR) is 73.4 cm³/mol. The van der Waals surface area contributed by atoms with Gasteiger partial charge in [0, 0.05) is 11.8 Å². The zero-order chi connectivity index (χ0) is 13.0. The fourth-order valence-electron chi connectivity index (χ4n) is 2.19. The van der Waals surface area contributed by atoms with Crippen molar-refractivity contribution in [2.45, 2.75) is 38.7 Å². The Bertz CT molecular complexity index is 428. The van der Waals surface area contributed by atoms with Crippen LogP contribution in [0.1, 0.15) is 31.2 Å². The normalized spacial score (nSPS) is 15.7. The van der Waals surface area contributed by atoms with Crippen molar-refractivity contribution in [1.82, 2.24) is 0 Å². The Labute approximate surface area is 112 Å². The molecule has 1 N–H and O–H groups in total. The van der Waals surface area contributed by atoms with Gasteiger partial charge in [0.05, 0.1) is 6.10 Å². The van der Waals surface area contributed by atoms with E-state index in [0.717, 1.165) is 29.8 Å². The summed E-state index contributed by atoms with van der Waals surface area (Å²) in [6, 6.07) is 5.77. The topological polar surface area (TPSA) is 38.3 Å². The van der Waals surface area contributed by atoms with Gasteiger partial charge in [-0.3, -0.25) is 4.79 Å². The van der Waals surface area contributed by atoms with Crippen LogP contribution in [-0.4, -0.2) is 17.9 Å². The Hall–Kier alpha value is -1.22. The van der Waals surface area contributed by atoms with Crippen LogP contribution in [0.3, 0.4) is 0 Å². The molecule has 0 aromatic heterocycles. The summed E-state index contributed by atoms with van der Waals surface area (Å²) in [5.41, 5.74) is 1.78. The highest BCUT2D eigenvalue weighted by atomic mass is 35.5. The fraction of sp³-hybridized carbons (Fsp3) is 0.500. The fourth-order valence-corrected chi connectivity index (χ4v) is 2.26. The molecule has 0 heterocycles. The molecule has 4 heteroatoms. The SMILES string of the molecule is Cc1ccc(OC2CCCC2)cc1NC(=O)CCl. The van der Waals surface area contributed by atoms with Gasteiger partial charge in [0.2, 0.25) is 5.91 Å². The van der Waals surface area contributed by atoms with Crippen molar-refractivity contribution < 1.29 is 9.53 Å². The van der Waals surface area contributed by atoms with Gasteiger partial charge in [-0.05, 0) is 44.2 Å². The van der Waals surface area contributed by atoms with Crippen molar-refractivity contribution in [2.24, 2.45) is 0 Å². The highest BCUT2D eigenvalue weighted by molar-refractivity contribution is 6.29. The third kappa shape index (κ3) is 3.39. The van der Waals surface area contributed by atoms with E-state index < -0.39 is 0 Å². The number of halogens is 1. The number of carbonyl (C=O) groups excluding carboxylic acids is 1. The maximum atomic E-state index is 11.3. The zero-order valence-corrected chi connectivity index (χ0v) is 11.3. The average molecular weight is 268 g/mol. The lowest BCUT2D eigenvalue weighted by Gasteiger charge is -2.15. The van der Waals surface area contributed by atoms with E-state index in [1.54, 1.807) is 0 Å². The number of hydrogen-bond acceptors (Lipinski definition) is 2. The molecule has 0 unspecified atom stereocenters. The van der Waals surface area contributed by atoms with E-state index in [1.165, 1.54) is 12.8 Å². The summed E-state index contributed by atoms with van der Waals surface area (Å²) < 4.78 is 5.90. The van der Waals surface area contributed by atoms with Gasteiger partial charge in [-0.2, -0.15) is 0 Å². The third-order valence-corrected chi connectivity index (χ3v) is 3.45. The molecule has 0 spiro atoms. The first-order valence-corrected chi connectivity index (χ1v) is 6.85. The number of hydrogen-bond donors (Lipinski definition) is 1. The maximum absolute atomic E-state index is 11.3. The minimum atomic E-state index is -0.196. The second kappa shape index (κ2) is 6.10. The lowest BCUT2D eigenvalue weighted by Crippen LogP contribution is -2.14. The Morgan fingerprint density at radius 3 is 2.83 bits per heavy atom. The first-order chi connectivity index (χ1) is 8.69. The molecule has 1 aromatic rings. The molecule has 1 aliphatic rings. The van der Waals surface area contributed by atoms with Crippen LogP contribution in [0.15, 0.2) is 18.2 Å². The smallest absolute Gasteiger partial charge is 0.239 e. The molecule has 0 bridgehead atoms. The van der Waals surface area contributed by atoms with Gasteiger partial charge in [0.15, 0.2) is 0 Å². The summed E-state index contributed by atoms with van der Waals surface area (Å²) in [6.45, 7) is 1.95. The summed E-state index contributed by atoms with van der Waals surface area (Å²) in [7, 11) is 0. The van der Waals surface area contributed by atoms with E-state index in [0.29, 0.717) is 6.10 Å². The summed E-state index contributed by atoms with van der Waals surface area (Å²) in [5.74, 6) is 0.586. The van der Waals surface area contributed by atoms with Crippen LogP contribution in [0.2, 0.25) is 0 Å². The lowest BCUT2D eigenvalue weighted by atomic mass is 10.2. The van der Waals surface area contributed by atoms with Crippen molar-refractivity contribution in [3.05, 3.63) is 23.8 Å². The number of rotatable bonds is 4. The quantitative estimate of drug-likeness (QED) is 0.848. The second-order valence-corrected chi connectivity index (χ2v) is 4.95. The van der Waals surface area contributed by atoms with Crippen LogP contribution in [-0.2, 0) is 4.79 Å². The maximum Gasteiger partial charge on any atom is 0.239 e.